The third kappa shape index (κ3) is 7.30. The van der Waals surface area contributed by atoms with Crippen LogP contribution in [0.15, 0.2) is 0 Å². The average molecular weight is 431 g/mol. The van der Waals surface area contributed by atoms with Crippen LogP contribution < -0.4 is 5.73 Å². The quantitative estimate of drug-likeness (QED) is 0.605. The van der Waals surface area contributed by atoms with Gasteiger partial charge < -0.3 is 10.5 Å². The number of Topliss-reactive ketones (excluding diaryl/α,β-unsaturated/α-hetero) is 1. The van der Waals surface area contributed by atoms with Gasteiger partial charge in [0.15, 0.2) is 0 Å². The zero-order chi connectivity index (χ0) is 21.8. The molecule has 1 saturated carbocycles. The summed E-state index contributed by atoms with van der Waals surface area (Å²) in [7, 11) is -3.07. The van der Waals surface area contributed by atoms with E-state index in [9.17, 15) is 13.2 Å². The number of carbonyl (C=O) groups excluding carboxylic acids is 1. The molecule has 29 heavy (non-hydrogen) atoms. The molecule has 1 aliphatic heterocycles. The molecule has 2 unspecified atom stereocenters. The molecule has 6 nitrogen and oxygen atoms in total. The van der Waals surface area contributed by atoms with E-state index in [2.05, 4.69) is 18.7 Å². The van der Waals surface area contributed by atoms with Crippen LogP contribution in [0, 0.1) is 17.8 Å². The van der Waals surface area contributed by atoms with E-state index in [4.69, 9.17) is 10.5 Å². The van der Waals surface area contributed by atoms with Gasteiger partial charge in [0.05, 0.1) is 24.5 Å². The highest BCUT2D eigenvalue weighted by Gasteiger charge is 2.38. The van der Waals surface area contributed by atoms with Crippen molar-refractivity contribution >= 4 is 15.6 Å². The molecule has 170 valence electrons. The lowest BCUT2D eigenvalue weighted by Crippen LogP contribution is -2.59. The number of ketones is 1. The third-order valence-corrected chi connectivity index (χ3v) is 8.85. The molecule has 2 aliphatic rings. The fraction of sp³-hybridized carbons (Fsp3) is 0.955. The van der Waals surface area contributed by atoms with Gasteiger partial charge in [0.1, 0.15) is 15.6 Å². The Morgan fingerprint density at radius 1 is 1.14 bits per heavy atom. The van der Waals surface area contributed by atoms with E-state index in [-0.39, 0.29) is 29.9 Å². The van der Waals surface area contributed by atoms with Crippen molar-refractivity contribution in [3.05, 3.63) is 0 Å². The second-order valence-corrected chi connectivity index (χ2v) is 12.3. The Balaban J connectivity index is 1.98. The van der Waals surface area contributed by atoms with Gasteiger partial charge in [0.2, 0.25) is 0 Å². The van der Waals surface area contributed by atoms with Crippen molar-refractivity contribution in [3.8, 4) is 0 Å². The van der Waals surface area contributed by atoms with Gasteiger partial charge in [-0.2, -0.15) is 0 Å². The molecule has 1 heterocycles. The number of sulfone groups is 1. The molecule has 1 saturated heterocycles. The van der Waals surface area contributed by atoms with Crippen molar-refractivity contribution in [2.24, 2.45) is 23.5 Å². The summed E-state index contributed by atoms with van der Waals surface area (Å²) in [5.74, 6) is 1.78. The summed E-state index contributed by atoms with van der Waals surface area (Å²) in [5.41, 5.74) is 6.63. The molecule has 7 heteroatoms. The molecule has 2 rings (SSSR count). The number of rotatable bonds is 9. The van der Waals surface area contributed by atoms with Gasteiger partial charge in [-0.3, -0.25) is 9.69 Å². The third-order valence-electron chi connectivity index (χ3n) is 7.20. The number of carbonyl (C=O) groups is 1. The number of piperidine rings is 1. The first-order valence-corrected chi connectivity index (χ1v) is 13.2. The molecule has 2 N–H and O–H groups in total. The minimum atomic E-state index is -3.07. The maximum absolute atomic E-state index is 11.9. The summed E-state index contributed by atoms with van der Waals surface area (Å²) in [6, 6.07) is -0.216. The van der Waals surface area contributed by atoms with Gasteiger partial charge in [-0.1, -0.05) is 13.8 Å². The predicted octanol–water partition coefficient (Wildman–Crippen LogP) is 2.65. The van der Waals surface area contributed by atoms with Crippen LogP contribution in [0.4, 0.5) is 0 Å². The van der Waals surface area contributed by atoms with Crippen LogP contribution in [0.5, 0.6) is 0 Å². The molecule has 0 aromatic rings. The van der Waals surface area contributed by atoms with Gasteiger partial charge >= 0.3 is 0 Å². The molecular formula is C22H42N2O4S. The van der Waals surface area contributed by atoms with Crippen molar-refractivity contribution in [2.45, 2.75) is 89.7 Å². The van der Waals surface area contributed by atoms with Gasteiger partial charge in [-0.05, 0) is 76.7 Å². The van der Waals surface area contributed by atoms with Gasteiger partial charge in [0.25, 0.3) is 0 Å². The lowest BCUT2D eigenvalue weighted by molar-refractivity contribution is -0.120. The topological polar surface area (TPSA) is 89.7 Å². The lowest BCUT2D eigenvalue weighted by atomic mass is 9.80. The van der Waals surface area contributed by atoms with E-state index in [1.54, 1.807) is 13.8 Å². The number of hydrogen-bond acceptors (Lipinski definition) is 6. The molecule has 0 amide bonds. The van der Waals surface area contributed by atoms with E-state index in [1.807, 2.05) is 0 Å². The summed E-state index contributed by atoms with van der Waals surface area (Å²) in [5, 5.41) is -0.397. The maximum atomic E-state index is 11.9. The summed E-state index contributed by atoms with van der Waals surface area (Å²) >= 11 is 0. The number of nitrogens with two attached hydrogens (primary N) is 1. The number of hydrogen-bond donors (Lipinski definition) is 1. The number of nitrogens with zero attached hydrogens (tertiary/aromatic N) is 1. The van der Waals surface area contributed by atoms with Crippen molar-refractivity contribution in [3.63, 3.8) is 0 Å². The van der Waals surface area contributed by atoms with Crippen molar-refractivity contribution < 1.29 is 17.9 Å². The zero-order valence-corrected chi connectivity index (χ0v) is 19.8. The van der Waals surface area contributed by atoms with Crippen molar-refractivity contribution in [2.75, 3.05) is 26.0 Å². The van der Waals surface area contributed by atoms with E-state index >= 15 is 0 Å². The Morgan fingerprint density at radius 3 is 2.28 bits per heavy atom. The SMILES string of the molecule is CC(=O)CN1CCC(CC(C)S(C)(=O)=O)[C@H](N)[C@@H]1CO[C@H]1CC[C@@H](C(C)C)CC1. The maximum Gasteiger partial charge on any atom is 0.150 e. The summed E-state index contributed by atoms with van der Waals surface area (Å²) in [6.07, 6.45) is 7.57. The molecule has 0 aromatic heterocycles. The van der Waals surface area contributed by atoms with Gasteiger partial charge in [-0.15, -0.1) is 0 Å². The van der Waals surface area contributed by atoms with Crippen LogP contribution in [-0.4, -0.2) is 68.5 Å². The van der Waals surface area contributed by atoms with Gasteiger partial charge in [0, 0.05) is 18.3 Å². The first kappa shape index (κ1) is 24.8. The van der Waals surface area contributed by atoms with E-state index in [0.29, 0.717) is 19.6 Å². The Kier molecular flexibility index (Phi) is 9.13. The van der Waals surface area contributed by atoms with Crippen LogP contribution in [0.2, 0.25) is 0 Å². The molecule has 0 spiro atoms. The van der Waals surface area contributed by atoms with E-state index in [0.717, 1.165) is 37.6 Å². The minimum Gasteiger partial charge on any atom is -0.377 e. The zero-order valence-electron chi connectivity index (χ0n) is 19.0. The summed E-state index contributed by atoms with van der Waals surface area (Å²) in [4.78, 5) is 13.9. The Morgan fingerprint density at radius 2 is 1.76 bits per heavy atom. The van der Waals surface area contributed by atoms with Crippen LogP contribution in [-0.2, 0) is 19.4 Å². The van der Waals surface area contributed by atoms with Crippen LogP contribution in [0.3, 0.4) is 0 Å². The smallest absolute Gasteiger partial charge is 0.150 e. The van der Waals surface area contributed by atoms with Crippen LogP contribution in [0.25, 0.3) is 0 Å². The molecular weight excluding hydrogens is 388 g/mol. The predicted molar refractivity (Wildman–Crippen MR) is 118 cm³/mol. The highest BCUT2D eigenvalue weighted by Crippen LogP contribution is 2.32. The monoisotopic (exact) mass is 430 g/mol. The van der Waals surface area contributed by atoms with Crippen molar-refractivity contribution in [1.82, 2.24) is 4.90 Å². The van der Waals surface area contributed by atoms with Gasteiger partial charge in [-0.25, -0.2) is 8.42 Å². The normalized spacial score (nSPS) is 33.0. The highest BCUT2D eigenvalue weighted by molar-refractivity contribution is 7.91. The molecule has 1 aliphatic carbocycles. The number of likely N-dealkylation sites (tertiary alicyclic amines) is 1. The second kappa shape index (κ2) is 10.7. The molecule has 4 atom stereocenters. The second-order valence-electron chi connectivity index (χ2n) is 9.86. The Hall–Kier alpha value is -0.500. The lowest BCUT2D eigenvalue weighted by Gasteiger charge is -2.45. The van der Waals surface area contributed by atoms with Crippen LogP contribution in [0.1, 0.15) is 66.2 Å². The first-order chi connectivity index (χ1) is 13.5. The van der Waals surface area contributed by atoms with Crippen LogP contribution >= 0.6 is 0 Å². The highest BCUT2D eigenvalue weighted by atomic mass is 32.2. The Bertz CT molecular complexity index is 629. The molecule has 0 aromatic carbocycles. The fourth-order valence-electron chi connectivity index (χ4n) is 4.98. The molecule has 0 radical (unpaired) electrons. The standard InChI is InChI=1S/C22H42N2O4S/c1-15(2)18-6-8-20(9-7-18)28-14-21-22(23)19(12-17(4)29(5,26)27)10-11-24(21)13-16(3)25/h15,17-22H,6-14,23H2,1-5H3/t17?,18-,19?,20+,21-,22-/m0/s1. The summed E-state index contributed by atoms with van der Waals surface area (Å²) in [6.45, 7) is 9.64. The molecule has 0 bridgehead atoms. The average Bonchev–Trinajstić information content (AvgIpc) is 2.62. The first-order valence-electron chi connectivity index (χ1n) is 11.3. The summed E-state index contributed by atoms with van der Waals surface area (Å²) < 4.78 is 30.1. The molecule has 2 fully saturated rings. The van der Waals surface area contributed by atoms with Crippen molar-refractivity contribution in [1.29, 1.82) is 0 Å². The number of ether oxygens (including phenoxy) is 1. The largest absolute Gasteiger partial charge is 0.377 e. The minimum absolute atomic E-state index is 0.0350. The van der Waals surface area contributed by atoms with E-state index < -0.39 is 15.1 Å². The van der Waals surface area contributed by atoms with E-state index in [1.165, 1.54) is 19.1 Å². The Labute approximate surface area is 177 Å². The fourth-order valence-corrected chi connectivity index (χ4v) is 5.58.